The number of methoxy groups -OCH3 is 1. The Hall–Kier alpha value is -0.770. The Labute approximate surface area is 95.0 Å². The average molecular weight is 230 g/mol. The Morgan fingerprint density at radius 1 is 1.53 bits per heavy atom. The molecule has 0 amide bonds. The van der Waals surface area contributed by atoms with Crippen LogP contribution in [-0.2, 0) is 4.74 Å². The monoisotopic (exact) mass is 229 g/mol. The van der Waals surface area contributed by atoms with E-state index in [1.165, 1.54) is 0 Å². The average Bonchev–Trinajstić information content (AvgIpc) is 2.20. The highest BCUT2D eigenvalue weighted by molar-refractivity contribution is 6.31. The fourth-order valence-corrected chi connectivity index (χ4v) is 1.37. The summed E-state index contributed by atoms with van der Waals surface area (Å²) >= 11 is 5.96. The van der Waals surface area contributed by atoms with Gasteiger partial charge in [0.05, 0.1) is 12.7 Å². The minimum atomic E-state index is -0.505. The number of hydrogen-bond donors (Lipinski definition) is 2. The maximum atomic E-state index is 9.41. The molecule has 15 heavy (non-hydrogen) atoms. The molecule has 0 aromatic heterocycles. The van der Waals surface area contributed by atoms with Gasteiger partial charge in [-0.25, -0.2) is 0 Å². The number of anilines is 1. The van der Waals surface area contributed by atoms with Crippen LogP contribution in [0.1, 0.15) is 5.56 Å². The van der Waals surface area contributed by atoms with Gasteiger partial charge >= 0.3 is 0 Å². The van der Waals surface area contributed by atoms with Crippen molar-refractivity contribution in [3.05, 3.63) is 28.8 Å². The Bertz CT molecular complexity index is 317. The van der Waals surface area contributed by atoms with E-state index in [2.05, 4.69) is 5.32 Å². The summed E-state index contributed by atoms with van der Waals surface area (Å²) in [6.45, 7) is 2.73. The molecule has 0 fully saturated rings. The van der Waals surface area contributed by atoms with Crippen LogP contribution in [0.3, 0.4) is 0 Å². The third-order valence-corrected chi connectivity index (χ3v) is 2.48. The van der Waals surface area contributed by atoms with Crippen molar-refractivity contribution in [2.45, 2.75) is 13.0 Å². The minimum absolute atomic E-state index is 0.326. The van der Waals surface area contributed by atoms with Gasteiger partial charge in [-0.1, -0.05) is 17.7 Å². The van der Waals surface area contributed by atoms with E-state index in [0.29, 0.717) is 13.2 Å². The number of rotatable bonds is 5. The zero-order chi connectivity index (χ0) is 11.3. The molecular formula is C11H16ClNO2. The molecule has 1 aromatic carbocycles. The first kappa shape index (κ1) is 12.3. The van der Waals surface area contributed by atoms with Gasteiger partial charge in [0, 0.05) is 24.4 Å². The first-order valence-corrected chi connectivity index (χ1v) is 5.18. The van der Waals surface area contributed by atoms with Crippen LogP contribution in [0.25, 0.3) is 0 Å². The second-order valence-corrected chi connectivity index (χ2v) is 3.86. The molecule has 0 aliphatic heterocycles. The summed E-state index contributed by atoms with van der Waals surface area (Å²) in [5, 5.41) is 13.2. The van der Waals surface area contributed by atoms with E-state index >= 15 is 0 Å². The van der Waals surface area contributed by atoms with Gasteiger partial charge in [0.2, 0.25) is 0 Å². The van der Waals surface area contributed by atoms with Gasteiger partial charge < -0.3 is 15.2 Å². The van der Waals surface area contributed by atoms with Crippen LogP contribution < -0.4 is 5.32 Å². The van der Waals surface area contributed by atoms with E-state index in [1.54, 1.807) is 7.11 Å². The fourth-order valence-electron chi connectivity index (χ4n) is 1.19. The van der Waals surface area contributed by atoms with Crippen LogP contribution in [0.15, 0.2) is 18.2 Å². The number of halogens is 1. The summed E-state index contributed by atoms with van der Waals surface area (Å²) in [6, 6.07) is 5.71. The Balaban J connectivity index is 2.47. The van der Waals surface area contributed by atoms with Crippen LogP contribution in [-0.4, -0.2) is 31.5 Å². The van der Waals surface area contributed by atoms with E-state index in [4.69, 9.17) is 16.3 Å². The quantitative estimate of drug-likeness (QED) is 0.812. The second kappa shape index (κ2) is 5.95. The molecule has 0 radical (unpaired) electrons. The molecule has 4 heteroatoms. The molecule has 0 bridgehead atoms. The van der Waals surface area contributed by atoms with Crippen molar-refractivity contribution < 1.29 is 9.84 Å². The zero-order valence-electron chi connectivity index (χ0n) is 8.96. The highest BCUT2D eigenvalue weighted by atomic mass is 35.5. The molecule has 0 spiro atoms. The van der Waals surface area contributed by atoms with E-state index in [9.17, 15) is 5.11 Å². The predicted molar refractivity (Wildman–Crippen MR) is 62.6 cm³/mol. The van der Waals surface area contributed by atoms with Gasteiger partial charge in [0.15, 0.2) is 0 Å². The van der Waals surface area contributed by atoms with Crippen molar-refractivity contribution >= 4 is 17.3 Å². The van der Waals surface area contributed by atoms with Gasteiger partial charge in [0.1, 0.15) is 0 Å². The summed E-state index contributed by atoms with van der Waals surface area (Å²) in [5.74, 6) is 0. The summed E-state index contributed by atoms with van der Waals surface area (Å²) in [5.41, 5.74) is 1.94. The molecule has 1 rings (SSSR count). The molecule has 84 valence electrons. The van der Waals surface area contributed by atoms with Crippen molar-refractivity contribution in [1.82, 2.24) is 0 Å². The molecule has 1 unspecified atom stereocenters. The first-order chi connectivity index (χ1) is 7.13. The van der Waals surface area contributed by atoms with Gasteiger partial charge in [-0.15, -0.1) is 0 Å². The van der Waals surface area contributed by atoms with Crippen LogP contribution in [0.2, 0.25) is 5.02 Å². The number of ether oxygens (including phenoxy) is 1. The van der Waals surface area contributed by atoms with Crippen LogP contribution >= 0.6 is 11.6 Å². The maximum absolute atomic E-state index is 9.41. The van der Waals surface area contributed by atoms with Crippen molar-refractivity contribution in [1.29, 1.82) is 0 Å². The second-order valence-electron chi connectivity index (χ2n) is 3.45. The summed E-state index contributed by atoms with van der Waals surface area (Å²) in [6.07, 6.45) is -0.505. The number of aryl methyl sites for hydroxylation is 1. The predicted octanol–water partition coefficient (Wildman–Crippen LogP) is 2.07. The van der Waals surface area contributed by atoms with Crippen LogP contribution in [0, 0.1) is 6.92 Å². The molecule has 0 saturated heterocycles. The highest BCUT2D eigenvalue weighted by Gasteiger charge is 2.03. The standard InChI is InChI=1S/C11H16ClNO2/c1-8-3-4-9(5-11(8)12)13-6-10(14)7-15-2/h3-5,10,13-14H,6-7H2,1-2H3. The summed E-state index contributed by atoms with van der Waals surface area (Å²) in [4.78, 5) is 0. The topological polar surface area (TPSA) is 41.5 Å². The van der Waals surface area contributed by atoms with Crippen LogP contribution in [0.5, 0.6) is 0 Å². The van der Waals surface area contributed by atoms with Gasteiger partial charge in [-0.3, -0.25) is 0 Å². The first-order valence-electron chi connectivity index (χ1n) is 4.80. The van der Waals surface area contributed by atoms with E-state index in [0.717, 1.165) is 16.3 Å². The Morgan fingerprint density at radius 2 is 2.27 bits per heavy atom. The smallest absolute Gasteiger partial charge is 0.0945 e. The highest BCUT2D eigenvalue weighted by Crippen LogP contribution is 2.19. The zero-order valence-corrected chi connectivity index (χ0v) is 9.71. The van der Waals surface area contributed by atoms with Gasteiger partial charge in [0.25, 0.3) is 0 Å². The molecule has 1 aromatic rings. The fraction of sp³-hybridized carbons (Fsp3) is 0.455. The summed E-state index contributed by atoms with van der Waals surface area (Å²) in [7, 11) is 1.56. The van der Waals surface area contributed by atoms with E-state index in [-0.39, 0.29) is 0 Å². The minimum Gasteiger partial charge on any atom is -0.389 e. The molecule has 0 saturated carbocycles. The molecule has 3 nitrogen and oxygen atoms in total. The normalized spacial score (nSPS) is 12.5. The van der Waals surface area contributed by atoms with Gasteiger partial charge in [-0.05, 0) is 24.6 Å². The van der Waals surface area contributed by atoms with Crippen molar-refractivity contribution in [2.75, 3.05) is 25.6 Å². The molecule has 1 atom stereocenters. The number of hydrogen-bond acceptors (Lipinski definition) is 3. The van der Waals surface area contributed by atoms with Crippen molar-refractivity contribution in [2.24, 2.45) is 0 Å². The largest absolute Gasteiger partial charge is 0.389 e. The number of nitrogens with one attached hydrogen (secondary N) is 1. The van der Waals surface area contributed by atoms with Crippen molar-refractivity contribution in [3.8, 4) is 0 Å². The molecular weight excluding hydrogens is 214 g/mol. The lowest BCUT2D eigenvalue weighted by atomic mass is 10.2. The lowest BCUT2D eigenvalue weighted by Crippen LogP contribution is -2.24. The van der Waals surface area contributed by atoms with E-state index < -0.39 is 6.10 Å². The third-order valence-electron chi connectivity index (χ3n) is 2.07. The lowest BCUT2D eigenvalue weighted by molar-refractivity contribution is 0.0727. The molecule has 0 heterocycles. The Morgan fingerprint density at radius 3 is 2.87 bits per heavy atom. The molecule has 2 N–H and O–H groups in total. The maximum Gasteiger partial charge on any atom is 0.0945 e. The van der Waals surface area contributed by atoms with Crippen LogP contribution in [0.4, 0.5) is 5.69 Å². The summed E-state index contributed by atoms with van der Waals surface area (Å²) < 4.78 is 4.82. The van der Waals surface area contributed by atoms with E-state index in [1.807, 2.05) is 25.1 Å². The lowest BCUT2D eigenvalue weighted by Gasteiger charge is -2.12. The number of aliphatic hydroxyl groups is 1. The Kier molecular flexibility index (Phi) is 4.88. The number of aliphatic hydroxyl groups excluding tert-OH is 1. The third kappa shape index (κ3) is 4.08. The number of benzene rings is 1. The molecule has 0 aliphatic rings. The van der Waals surface area contributed by atoms with Gasteiger partial charge in [-0.2, -0.15) is 0 Å². The molecule has 0 aliphatic carbocycles. The SMILES string of the molecule is COCC(O)CNc1ccc(C)c(Cl)c1. The van der Waals surface area contributed by atoms with Crippen molar-refractivity contribution in [3.63, 3.8) is 0 Å².